The summed E-state index contributed by atoms with van der Waals surface area (Å²) in [5.41, 5.74) is 0.909. The summed E-state index contributed by atoms with van der Waals surface area (Å²) in [6, 6.07) is 11.7. The highest BCUT2D eigenvalue weighted by Gasteiger charge is 2.20. The van der Waals surface area contributed by atoms with Crippen LogP contribution in [0.5, 0.6) is 11.5 Å². The number of ether oxygens (including phenoxy) is 1. The molecule has 0 saturated carbocycles. The van der Waals surface area contributed by atoms with Crippen LogP contribution in [-0.4, -0.2) is 29.1 Å². The van der Waals surface area contributed by atoms with Gasteiger partial charge in [-0.05, 0) is 36.8 Å². The number of benzene rings is 2. The van der Waals surface area contributed by atoms with Crippen molar-refractivity contribution in [2.24, 2.45) is 0 Å². The first-order valence-corrected chi connectivity index (χ1v) is 7.77. The van der Waals surface area contributed by atoms with Gasteiger partial charge in [-0.2, -0.15) is 0 Å². The summed E-state index contributed by atoms with van der Waals surface area (Å²) in [7, 11) is 1.69. The number of aromatic hydroxyl groups is 1. The molecule has 0 bridgehead atoms. The Bertz CT molecular complexity index is 689. The maximum Gasteiger partial charge on any atom is 0.263 e. The number of phenolic OH excluding ortho intramolecular Hbond substituents is 1. The van der Waals surface area contributed by atoms with Crippen LogP contribution in [0.25, 0.3) is 0 Å². The van der Waals surface area contributed by atoms with Gasteiger partial charge in [0, 0.05) is 13.6 Å². The van der Waals surface area contributed by atoms with Gasteiger partial charge in [0.1, 0.15) is 16.5 Å². The first kappa shape index (κ1) is 17.4. The van der Waals surface area contributed by atoms with Crippen LogP contribution in [0.3, 0.4) is 0 Å². The molecule has 0 heterocycles. The molecule has 0 fully saturated rings. The van der Waals surface area contributed by atoms with Gasteiger partial charge < -0.3 is 14.7 Å². The fraction of sp³-hybridized carbons (Fsp3) is 0.235. The topological polar surface area (TPSA) is 49.8 Å². The number of amides is 1. The summed E-state index contributed by atoms with van der Waals surface area (Å²) in [6.07, 6.45) is -0.701. The monoisotopic (exact) mass is 353 g/mol. The molecule has 23 heavy (non-hydrogen) atoms. The number of nitrogens with zero attached hydrogens (tertiary/aromatic N) is 1. The van der Waals surface area contributed by atoms with E-state index in [4.69, 9.17) is 27.9 Å². The number of carbonyl (C=O) groups is 1. The third-order valence-corrected chi connectivity index (χ3v) is 4.10. The van der Waals surface area contributed by atoms with Gasteiger partial charge in [0.05, 0.1) is 5.02 Å². The van der Waals surface area contributed by atoms with E-state index in [1.54, 1.807) is 61.3 Å². The summed E-state index contributed by atoms with van der Waals surface area (Å²) in [6.45, 7) is 2.07. The zero-order chi connectivity index (χ0) is 17.0. The van der Waals surface area contributed by atoms with Gasteiger partial charge >= 0.3 is 0 Å². The van der Waals surface area contributed by atoms with Crippen molar-refractivity contribution in [2.75, 3.05) is 7.05 Å². The number of likely N-dealkylation sites (N-methyl/N-ethyl adjacent to an activating group) is 1. The maximum atomic E-state index is 12.4. The lowest BCUT2D eigenvalue weighted by molar-refractivity contribution is -0.137. The lowest BCUT2D eigenvalue weighted by Gasteiger charge is -2.22. The van der Waals surface area contributed by atoms with Crippen molar-refractivity contribution in [2.45, 2.75) is 19.6 Å². The molecule has 0 aliphatic carbocycles. The Morgan fingerprint density at radius 2 is 1.87 bits per heavy atom. The van der Waals surface area contributed by atoms with Crippen LogP contribution in [0.1, 0.15) is 12.5 Å². The second-order valence-electron chi connectivity index (χ2n) is 5.17. The first-order valence-electron chi connectivity index (χ1n) is 7.02. The quantitative estimate of drug-likeness (QED) is 0.879. The van der Waals surface area contributed by atoms with E-state index in [9.17, 15) is 9.90 Å². The van der Waals surface area contributed by atoms with Crippen molar-refractivity contribution in [3.8, 4) is 11.5 Å². The van der Waals surface area contributed by atoms with Gasteiger partial charge in [0.25, 0.3) is 5.91 Å². The summed E-state index contributed by atoms with van der Waals surface area (Å²) in [5, 5.41) is 9.94. The summed E-state index contributed by atoms with van der Waals surface area (Å²) < 4.78 is 5.62. The Morgan fingerprint density at radius 1 is 1.22 bits per heavy atom. The molecule has 1 N–H and O–H groups in total. The minimum absolute atomic E-state index is 0.186. The summed E-state index contributed by atoms with van der Waals surface area (Å²) in [4.78, 5) is 13.9. The number of rotatable bonds is 5. The van der Waals surface area contributed by atoms with Gasteiger partial charge in [-0.3, -0.25) is 4.79 Å². The molecule has 0 spiro atoms. The van der Waals surface area contributed by atoms with Gasteiger partial charge in [-0.25, -0.2) is 0 Å². The minimum atomic E-state index is -0.701. The molecule has 0 radical (unpaired) electrons. The van der Waals surface area contributed by atoms with Crippen LogP contribution < -0.4 is 4.74 Å². The van der Waals surface area contributed by atoms with Gasteiger partial charge in [0.2, 0.25) is 0 Å². The molecule has 6 heteroatoms. The fourth-order valence-electron chi connectivity index (χ4n) is 2.08. The maximum absolute atomic E-state index is 12.4. The molecule has 122 valence electrons. The van der Waals surface area contributed by atoms with Gasteiger partial charge in [0.15, 0.2) is 6.10 Å². The average Bonchev–Trinajstić information content (AvgIpc) is 2.53. The molecule has 0 saturated heterocycles. The number of phenols is 1. The van der Waals surface area contributed by atoms with Crippen LogP contribution >= 0.6 is 23.2 Å². The van der Waals surface area contributed by atoms with Crippen molar-refractivity contribution in [1.29, 1.82) is 0 Å². The van der Waals surface area contributed by atoms with E-state index in [0.29, 0.717) is 17.3 Å². The van der Waals surface area contributed by atoms with Gasteiger partial charge in [-0.1, -0.05) is 41.4 Å². The highest BCUT2D eigenvalue weighted by Crippen LogP contribution is 2.32. The number of hydrogen-bond donors (Lipinski definition) is 1. The zero-order valence-corrected chi connectivity index (χ0v) is 14.3. The van der Waals surface area contributed by atoms with E-state index in [-0.39, 0.29) is 16.7 Å². The molecule has 0 unspecified atom stereocenters. The fourth-order valence-corrected chi connectivity index (χ4v) is 2.42. The predicted octanol–water partition coefficient (Wildman–Crippen LogP) is 4.12. The Hall–Kier alpha value is -1.91. The number of halogens is 2. The van der Waals surface area contributed by atoms with Crippen molar-refractivity contribution < 1.29 is 14.6 Å². The van der Waals surface area contributed by atoms with E-state index < -0.39 is 6.10 Å². The Morgan fingerprint density at radius 3 is 2.52 bits per heavy atom. The smallest absolute Gasteiger partial charge is 0.263 e. The molecule has 2 rings (SSSR count). The zero-order valence-electron chi connectivity index (χ0n) is 12.8. The highest BCUT2D eigenvalue weighted by atomic mass is 35.5. The van der Waals surface area contributed by atoms with E-state index >= 15 is 0 Å². The highest BCUT2D eigenvalue weighted by molar-refractivity contribution is 6.42. The van der Waals surface area contributed by atoms with E-state index in [1.165, 1.54) is 0 Å². The molecule has 2 aromatic rings. The van der Waals surface area contributed by atoms with Crippen molar-refractivity contribution in [1.82, 2.24) is 4.90 Å². The minimum Gasteiger partial charge on any atom is -0.508 e. The second kappa shape index (κ2) is 7.57. The number of hydrogen-bond acceptors (Lipinski definition) is 3. The lowest BCUT2D eigenvalue weighted by atomic mass is 10.2. The standard InChI is InChI=1S/C17H17Cl2NO3/c1-11(23-15-5-3-4-14(18)16(15)19)17(22)20(2)10-12-6-8-13(21)9-7-12/h3-9,11,21H,10H2,1-2H3/t11-/m1/s1. The van der Waals surface area contributed by atoms with E-state index in [2.05, 4.69) is 0 Å². The van der Waals surface area contributed by atoms with E-state index in [1.807, 2.05) is 0 Å². The third kappa shape index (κ3) is 4.53. The van der Waals surface area contributed by atoms with Crippen LogP contribution in [-0.2, 0) is 11.3 Å². The van der Waals surface area contributed by atoms with Crippen LogP contribution in [0.15, 0.2) is 42.5 Å². The predicted molar refractivity (Wildman–Crippen MR) is 91.1 cm³/mol. The van der Waals surface area contributed by atoms with Gasteiger partial charge in [-0.15, -0.1) is 0 Å². The Labute approximate surface area is 145 Å². The largest absolute Gasteiger partial charge is 0.508 e. The Balaban J connectivity index is 2.01. The molecule has 2 aromatic carbocycles. The van der Waals surface area contributed by atoms with Crippen molar-refractivity contribution >= 4 is 29.1 Å². The molecule has 0 aromatic heterocycles. The molecular weight excluding hydrogens is 337 g/mol. The van der Waals surface area contributed by atoms with Crippen LogP contribution in [0.2, 0.25) is 10.0 Å². The van der Waals surface area contributed by atoms with Crippen molar-refractivity contribution in [3.63, 3.8) is 0 Å². The molecule has 0 aliphatic rings. The summed E-state index contributed by atoms with van der Waals surface area (Å²) in [5.74, 6) is 0.377. The second-order valence-corrected chi connectivity index (χ2v) is 5.96. The number of carbonyl (C=O) groups excluding carboxylic acids is 1. The molecule has 1 atom stereocenters. The third-order valence-electron chi connectivity index (χ3n) is 3.30. The normalized spacial score (nSPS) is 11.8. The SMILES string of the molecule is C[C@@H](Oc1cccc(Cl)c1Cl)C(=O)N(C)Cc1ccc(O)cc1. The van der Waals surface area contributed by atoms with Crippen LogP contribution in [0.4, 0.5) is 0 Å². The first-order chi connectivity index (χ1) is 10.9. The average molecular weight is 354 g/mol. The van der Waals surface area contributed by atoms with Crippen molar-refractivity contribution in [3.05, 3.63) is 58.1 Å². The molecule has 0 aliphatic heterocycles. The molecule has 1 amide bonds. The summed E-state index contributed by atoms with van der Waals surface area (Å²) >= 11 is 12.0. The van der Waals surface area contributed by atoms with Crippen LogP contribution in [0, 0.1) is 0 Å². The molecular formula is C17H17Cl2NO3. The Kier molecular flexibility index (Phi) is 5.74. The van der Waals surface area contributed by atoms with E-state index in [0.717, 1.165) is 5.56 Å². The lowest BCUT2D eigenvalue weighted by Crippen LogP contribution is -2.37. The molecule has 4 nitrogen and oxygen atoms in total.